The number of carbonyl (C=O) groups excluding carboxylic acids is 1. The van der Waals surface area contributed by atoms with Gasteiger partial charge in [0.15, 0.2) is 5.82 Å². The first kappa shape index (κ1) is 14.8. The van der Waals surface area contributed by atoms with Crippen LogP contribution < -0.4 is 4.90 Å². The third kappa shape index (κ3) is 2.47. The maximum Gasteiger partial charge on any atom is 0.226 e. The molecule has 2 fully saturated rings. The number of nitrogens with zero attached hydrogens (tertiary/aromatic N) is 5. The predicted octanol–water partition coefficient (Wildman–Crippen LogP) is 2.39. The van der Waals surface area contributed by atoms with Crippen LogP contribution in [0.4, 0.5) is 5.82 Å². The van der Waals surface area contributed by atoms with E-state index in [-0.39, 0.29) is 5.92 Å². The van der Waals surface area contributed by atoms with Crippen molar-refractivity contribution in [2.45, 2.75) is 38.8 Å². The van der Waals surface area contributed by atoms with Crippen LogP contribution in [0.5, 0.6) is 0 Å². The summed E-state index contributed by atoms with van der Waals surface area (Å²) in [5.74, 6) is 2.25. The molecule has 1 saturated heterocycles. The Balaban J connectivity index is 1.51. The normalized spacial score (nSPS) is 19.4. The molecular formula is C19H21N5O. The van der Waals surface area contributed by atoms with Crippen LogP contribution in [-0.4, -0.2) is 38.8 Å². The molecule has 1 amide bonds. The highest BCUT2D eigenvalue weighted by Gasteiger charge is 2.36. The number of carbonyl (C=O) groups is 1. The van der Waals surface area contributed by atoms with Gasteiger partial charge in [-0.2, -0.15) is 0 Å². The van der Waals surface area contributed by atoms with Gasteiger partial charge in [0, 0.05) is 42.5 Å². The summed E-state index contributed by atoms with van der Waals surface area (Å²) in [6.45, 7) is 3.34. The Labute approximate surface area is 146 Å². The molecule has 4 heterocycles. The fourth-order valence-electron chi connectivity index (χ4n) is 3.72. The highest BCUT2D eigenvalue weighted by molar-refractivity contribution is 5.80. The Morgan fingerprint density at radius 3 is 2.64 bits per heavy atom. The molecule has 0 radical (unpaired) electrons. The van der Waals surface area contributed by atoms with E-state index in [9.17, 15) is 4.79 Å². The van der Waals surface area contributed by atoms with Gasteiger partial charge in [-0.1, -0.05) is 6.42 Å². The molecule has 0 atom stereocenters. The summed E-state index contributed by atoms with van der Waals surface area (Å²) >= 11 is 0. The highest BCUT2D eigenvalue weighted by Crippen LogP contribution is 2.36. The summed E-state index contributed by atoms with van der Waals surface area (Å²) in [5.41, 5.74) is 3.07. The van der Waals surface area contributed by atoms with Gasteiger partial charge in [-0.15, -0.1) is 0 Å². The smallest absolute Gasteiger partial charge is 0.226 e. The van der Waals surface area contributed by atoms with E-state index >= 15 is 0 Å². The highest BCUT2D eigenvalue weighted by atomic mass is 16.2. The van der Waals surface area contributed by atoms with Crippen molar-refractivity contribution in [2.75, 3.05) is 18.0 Å². The third-order valence-corrected chi connectivity index (χ3v) is 5.60. The summed E-state index contributed by atoms with van der Waals surface area (Å²) in [7, 11) is 0. The van der Waals surface area contributed by atoms with Crippen molar-refractivity contribution < 1.29 is 4.79 Å². The average Bonchev–Trinajstić information content (AvgIpc) is 2.97. The van der Waals surface area contributed by atoms with Gasteiger partial charge >= 0.3 is 0 Å². The molecule has 1 saturated carbocycles. The van der Waals surface area contributed by atoms with Crippen LogP contribution >= 0.6 is 0 Å². The molecule has 1 aliphatic carbocycles. The zero-order chi connectivity index (χ0) is 16.8. The van der Waals surface area contributed by atoms with Crippen LogP contribution in [-0.2, 0) is 17.9 Å². The average molecular weight is 335 g/mol. The molecule has 0 aromatic carbocycles. The predicted molar refractivity (Wildman–Crippen MR) is 93.7 cm³/mol. The number of amides is 1. The second-order valence-corrected chi connectivity index (χ2v) is 7.20. The quantitative estimate of drug-likeness (QED) is 0.862. The fraction of sp³-hybridized carbons (Fsp3) is 0.474. The largest absolute Gasteiger partial charge is 0.356 e. The van der Waals surface area contributed by atoms with Crippen molar-refractivity contribution in [3.05, 3.63) is 35.8 Å². The molecule has 2 aromatic rings. The van der Waals surface area contributed by atoms with Gasteiger partial charge < -0.3 is 9.80 Å². The van der Waals surface area contributed by atoms with Gasteiger partial charge in [0.2, 0.25) is 5.91 Å². The molecule has 3 aliphatic rings. The zero-order valence-corrected chi connectivity index (χ0v) is 14.2. The van der Waals surface area contributed by atoms with Crippen LogP contribution in [0, 0.1) is 5.92 Å². The Bertz CT molecular complexity index is 814. The maximum atomic E-state index is 12.7. The second-order valence-electron chi connectivity index (χ2n) is 7.20. The molecule has 2 aromatic heterocycles. The monoisotopic (exact) mass is 335 g/mol. The molecule has 128 valence electrons. The first-order valence-electron chi connectivity index (χ1n) is 9.13. The van der Waals surface area contributed by atoms with Crippen molar-refractivity contribution in [1.29, 1.82) is 0 Å². The number of anilines is 1. The summed E-state index contributed by atoms with van der Waals surface area (Å²) < 4.78 is 0. The number of fused-ring (bicyclic) bond motifs is 1. The van der Waals surface area contributed by atoms with Gasteiger partial charge in [-0.05, 0) is 31.4 Å². The molecule has 0 spiro atoms. The lowest BCUT2D eigenvalue weighted by atomic mass is 9.84. The lowest BCUT2D eigenvalue weighted by molar-refractivity contribution is -0.138. The zero-order valence-electron chi connectivity index (χ0n) is 14.2. The van der Waals surface area contributed by atoms with Gasteiger partial charge in [0.25, 0.3) is 0 Å². The third-order valence-electron chi connectivity index (χ3n) is 5.60. The van der Waals surface area contributed by atoms with E-state index in [4.69, 9.17) is 9.97 Å². The van der Waals surface area contributed by atoms with Crippen LogP contribution in [0.1, 0.15) is 36.9 Å². The summed E-state index contributed by atoms with van der Waals surface area (Å²) in [4.78, 5) is 30.8. The topological polar surface area (TPSA) is 62.2 Å². The first-order valence-corrected chi connectivity index (χ1v) is 9.13. The Morgan fingerprint density at radius 2 is 2.00 bits per heavy atom. The first-order chi connectivity index (χ1) is 12.3. The van der Waals surface area contributed by atoms with Crippen LogP contribution in [0.2, 0.25) is 0 Å². The number of rotatable bonds is 3. The number of pyridine rings is 1. The molecule has 5 rings (SSSR count). The Hall–Kier alpha value is -2.50. The number of hydrogen-bond acceptors (Lipinski definition) is 5. The van der Waals surface area contributed by atoms with Crippen molar-refractivity contribution in [2.24, 2.45) is 5.92 Å². The molecule has 2 aliphatic heterocycles. The number of aromatic nitrogens is 3. The van der Waals surface area contributed by atoms with E-state index in [0.717, 1.165) is 48.6 Å². The van der Waals surface area contributed by atoms with Gasteiger partial charge in [0.05, 0.1) is 18.8 Å². The SMILES string of the molecule is O=C(C1CCC1)N1Cc2nc(-c3cccnc3)nc(N3CCC3)c2C1. The molecule has 0 N–H and O–H groups in total. The van der Waals surface area contributed by atoms with Crippen LogP contribution in [0.25, 0.3) is 11.4 Å². The minimum absolute atomic E-state index is 0.229. The standard InChI is InChI=1S/C19H21N5O/c25-19(13-4-1-5-13)24-11-15-16(12-24)21-17(14-6-2-7-20-10-14)22-18(15)23-8-3-9-23/h2,6-7,10,13H,1,3-5,8-9,11-12H2. The Kier molecular flexibility index (Phi) is 3.43. The van der Waals surface area contributed by atoms with Crippen LogP contribution in [0.3, 0.4) is 0 Å². The van der Waals surface area contributed by atoms with E-state index in [1.165, 1.54) is 12.8 Å². The number of hydrogen-bond donors (Lipinski definition) is 0. The molecule has 0 unspecified atom stereocenters. The van der Waals surface area contributed by atoms with Gasteiger partial charge in [-0.25, -0.2) is 9.97 Å². The minimum Gasteiger partial charge on any atom is -0.356 e. The van der Waals surface area contributed by atoms with Crippen molar-refractivity contribution in [3.63, 3.8) is 0 Å². The van der Waals surface area contributed by atoms with Gasteiger partial charge in [0.1, 0.15) is 5.82 Å². The Morgan fingerprint density at radius 1 is 1.12 bits per heavy atom. The van der Waals surface area contributed by atoms with Crippen molar-refractivity contribution in [1.82, 2.24) is 19.9 Å². The van der Waals surface area contributed by atoms with E-state index in [2.05, 4.69) is 9.88 Å². The van der Waals surface area contributed by atoms with Crippen LogP contribution in [0.15, 0.2) is 24.5 Å². The maximum absolute atomic E-state index is 12.7. The molecule has 6 heteroatoms. The van der Waals surface area contributed by atoms with E-state index < -0.39 is 0 Å². The van der Waals surface area contributed by atoms with E-state index in [1.807, 2.05) is 17.0 Å². The summed E-state index contributed by atoms with van der Waals surface area (Å²) in [6.07, 6.45) is 8.02. The molecule has 25 heavy (non-hydrogen) atoms. The molecular weight excluding hydrogens is 314 g/mol. The molecule has 0 bridgehead atoms. The van der Waals surface area contributed by atoms with Crippen molar-refractivity contribution in [3.8, 4) is 11.4 Å². The second kappa shape index (κ2) is 5.79. The van der Waals surface area contributed by atoms with Gasteiger partial charge in [-0.3, -0.25) is 9.78 Å². The summed E-state index contributed by atoms with van der Waals surface area (Å²) in [6, 6.07) is 3.89. The molecule has 6 nitrogen and oxygen atoms in total. The minimum atomic E-state index is 0.229. The van der Waals surface area contributed by atoms with E-state index in [0.29, 0.717) is 24.8 Å². The van der Waals surface area contributed by atoms with Crippen molar-refractivity contribution >= 4 is 11.7 Å². The lowest BCUT2D eigenvalue weighted by Crippen LogP contribution is -2.39. The fourth-order valence-corrected chi connectivity index (χ4v) is 3.72. The summed E-state index contributed by atoms with van der Waals surface area (Å²) in [5, 5.41) is 0. The lowest BCUT2D eigenvalue weighted by Gasteiger charge is -2.33. The van der Waals surface area contributed by atoms with E-state index in [1.54, 1.807) is 12.4 Å².